The number of methoxy groups -OCH3 is 1. The molecule has 2 heterocycles. The molecule has 4 aromatic rings. The van der Waals surface area contributed by atoms with Crippen LogP contribution in [0.3, 0.4) is 0 Å². The van der Waals surface area contributed by atoms with Gasteiger partial charge in [0.2, 0.25) is 5.16 Å². The Morgan fingerprint density at radius 1 is 1.23 bits per heavy atom. The van der Waals surface area contributed by atoms with Gasteiger partial charge in [-0.2, -0.15) is 4.68 Å². The highest BCUT2D eigenvalue weighted by Crippen LogP contribution is 2.34. The number of fused-ring (bicyclic) bond motifs is 1. The Hall–Kier alpha value is -2.98. The number of carboxylic acids is 1. The number of carbonyl (C=O) groups is 1. The normalized spacial score (nSPS) is 11.0. The summed E-state index contributed by atoms with van der Waals surface area (Å²) in [4.78, 5) is 15.6. The maximum atomic E-state index is 11.1. The molecular weight excluding hydrogens is 374 g/mol. The summed E-state index contributed by atoms with van der Waals surface area (Å²) in [5.74, 6) is -0.214. The summed E-state index contributed by atoms with van der Waals surface area (Å²) in [6.45, 7) is 0. The van der Waals surface area contributed by atoms with Gasteiger partial charge in [-0.05, 0) is 64.7 Å². The molecule has 0 saturated heterocycles. The summed E-state index contributed by atoms with van der Waals surface area (Å²) in [5.41, 5.74) is 1.78. The van der Waals surface area contributed by atoms with Crippen molar-refractivity contribution in [2.45, 2.75) is 9.50 Å². The van der Waals surface area contributed by atoms with Crippen LogP contribution in [0.4, 0.5) is 0 Å². The summed E-state index contributed by atoms with van der Waals surface area (Å²) < 4.78 is 8.30. The number of tetrazole rings is 1. The number of hydrogen-bond donors (Lipinski definition) is 1. The lowest BCUT2D eigenvalue weighted by molar-refractivity contribution is 0.0697. The van der Waals surface area contributed by atoms with Crippen molar-refractivity contribution in [3.63, 3.8) is 0 Å². The van der Waals surface area contributed by atoms with E-state index < -0.39 is 5.97 Å². The fraction of sp³-hybridized carbons (Fsp3) is 0.0625. The van der Waals surface area contributed by atoms with Gasteiger partial charge in [0.05, 0.1) is 28.6 Å². The second-order valence-electron chi connectivity index (χ2n) is 5.14. The third-order valence-corrected chi connectivity index (χ3v) is 5.57. The first-order valence-corrected chi connectivity index (χ1v) is 9.02. The molecule has 0 spiro atoms. The maximum absolute atomic E-state index is 11.1. The van der Waals surface area contributed by atoms with Crippen LogP contribution in [0.5, 0.6) is 5.75 Å². The number of benzene rings is 2. The predicted octanol–water partition coefficient (Wildman–Crippen LogP) is 3.13. The summed E-state index contributed by atoms with van der Waals surface area (Å²) in [6, 6.07) is 12.2. The zero-order valence-electron chi connectivity index (χ0n) is 13.4. The van der Waals surface area contributed by atoms with Gasteiger partial charge in [-0.3, -0.25) is 0 Å². The van der Waals surface area contributed by atoms with Crippen LogP contribution in [-0.4, -0.2) is 43.4 Å². The van der Waals surface area contributed by atoms with Gasteiger partial charge < -0.3 is 9.84 Å². The van der Waals surface area contributed by atoms with E-state index in [9.17, 15) is 4.79 Å². The van der Waals surface area contributed by atoms with Gasteiger partial charge in [-0.1, -0.05) is 0 Å². The quantitative estimate of drug-likeness (QED) is 0.559. The van der Waals surface area contributed by atoms with Crippen molar-refractivity contribution < 1.29 is 14.6 Å². The number of thiazole rings is 1. The van der Waals surface area contributed by atoms with E-state index in [0.717, 1.165) is 26.0 Å². The zero-order valence-corrected chi connectivity index (χ0v) is 15.0. The van der Waals surface area contributed by atoms with E-state index in [-0.39, 0.29) is 5.56 Å². The molecule has 1 N–H and O–H groups in total. The molecule has 26 heavy (non-hydrogen) atoms. The van der Waals surface area contributed by atoms with Crippen molar-refractivity contribution in [1.82, 2.24) is 25.2 Å². The lowest BCUT2D eigenvalue weighted by atomic mass is 10.2. The highest BCUT2D eigenvalue weighted by atomic mass is 32.2. The zero-order chi connectivity index (χ0) is 18.1. The number of rotatable bonds is 5. The van der Waals surface area contributed by atoms with E-state index in [1.807, 2.05) is 24.3 Å². The van der Waals surface area contributed by atoms with Gasteiger partial charge in [-0.15, -0.1) is 16.4 Å². The minimum atomic E-state index is -0.960. The molecule has 8 nitrogen and oxygen atoms in total. The average Bonchev–Trinajstić information content (AvgIpc) is 3.27. The molecule has 0 atom stereocenters. The molecular formula is C16H11N5O3S2. The first-order valence-electron chi connectivity index (χ1n) is 7.38. The monoisotopic (exact) mass is 385 g/mol. The van der Waals surface area contributed by atoms with Crippen LogP contribution in [0.1, 0.15) is 10.4 Å². The molecule has 2 aromatic carbocycles. The Kier molecular flexibility index (Phi) is 4.27. The van der Waals surface area contributed by atoms with Gasteiger partial charge in [0.15, 0.2) is 4.34 Å². The van der Waals surface area contributed by atoms with Crippen LogP contribution in [0, 0.1) is 0 Å². The Balaban J connectivity index is 1.64. The lowest BCUT2D eigenvalue weighted by Gasteiger charge is -2.04. The standard InChI is InChI=1S/C16H11N5O3S2/c1-24-11-5-3-10(4-6-11)21-15(18-19-20-21)26-16-17-12-7-2-9(14(22)23)8-13(12)25-16/h2-8H,1H3,(H,22,23). The van der Waals surface area contributed by atoms with Gasteiger partial charge in [-0.25, -0.2) is 9.78 Å². The summed E-state index contributed by atoms with van der Waals surface area (Å²) in [6.07, 6.45) is 0. The molecule has 0 bridgehead atoms. The van der Waals surface area contributed by atoms with E-state index in [1.54, 1.807) is 30.0 Å². The van der Waals surface area contributed by atoms with Crippen molar-refractivity contribution in [2.24, 2.45) is 0 Å². The van der Waals surface area contributed by atoms with Crippen LogP contribution in [0.2, 0.25) is 0 Å². The number of ether oxygens (including phenoxy) is 1. The molecule has 0 aliphatic carbocycles. The van der Waals surface area contributed by atoms with Crippen molar-refractivity contribution in [2.75, 3.05) is 7.11 Å². The van der Waals surface area contributed by atoms with Gasteiger partial charge >= 0.3 is 5.97 Å². The van der Waals surface area contributed by atoms with Crippen molar-refractivity contribution in [3.8, 4) is 11.4 Å². The maximum Gasteiger partial charge on any atom is 0.335 e. The molecule has 0 aliphatic rings. The van der Waals surface area contributed by atoms with E-state index in [0.29, 0.717) is 5.16 Å². The van der Waals surface area contributed by atoms with E-state index in [2.05, 4.69) is 20.5 Å². The molecule has 0 amide bonds. The van der Waals surface area contributed by atoms with Crippen molar-refractivity contribution in [3.05, 3.63) is 48.0 Å². The second-order valence-corrected chi connectivity index (χ2v) is 7.39. The molecule has 0 aliphatic heterocycles. The molecule has 0 saturated carbocycles. The molecule has 130 valence electrons. The molecule has 10 heteroatoms. The smallest absolute Gasteiger partial charge is 0.335 e. The van der Waals surface area contributed by atoms with Crippen LogP contribution in [0.15, 0.2) is 52.0 Å². The van der Waals surface area contributed by atoms with E-state index in [1.165, 1.54) is 23.1 Å². The molecule has 0 radical (unpaired) electrons. The molecule has 0 fully saturated rings. The number of aromatic nitrogens is 5. The second kappa shape index (κ2) is 6.73. The fourth-order valence-corrected chi connectivity index (χ4v) is 4.29. The Morgan fingerprint density at radius 3 is 2.77 bits per heavy atom. The third kappa shape index (κ3) is 3.11. The Labute approximate surface area is 155 Å². The van der Waals surface area contributed by atoms with E-state index in [4.69, 9.17) is 9.84 Å². The summed E-state index contributed by atoms with van der Waals surface area (Å²) >= 11 is 2.72. The predicted molar refractivity (Wildman–Crippen MR) is 96.4 cm³/mol. The van der Waals surface area contributed by atoms with Crippen LogP contribution in [-0.2, 0) is 0 Å². The number of carboxylic acid groups (broad SMARTS) is 1. The minimum Gasteiger partial charge on any atom is -0.497 e. The lowest BCUT2D eigenvalue weighted by Crippen LogP contribution is -1.98. The summed E-state index contributed by atoms with van der Waals surface area (Å²) in [5, 5.41) is 21.5. The highest BCUT2D eigenvalue weighted by Gasteiger charge is 2.14. The minimum absolute atomic E-state index is 0.237. The number of aromatic carboxylic acids is 1. The first kappa shape index (κ1) is 16.5. The molecule has 4 rings (SSSR count). The number of nitrogens with zero attached hydrogens (tertiary/aromatic N) is 5. The topological polar surface area (TPSA) is 103 Å². The van der Waals surface area contributed by atoms with Gasteiger partial charge in [0.1, 0.15) is 5.75 Å². The summed E-state index contributed by atoms with van der Waals surface area (Å²) in [7, 11) is 1.61. The van der Waals surface area contributed by atoms with Gasteiger partial charge in [0.25, 0.3) is 0 Å². The first-order chi connectivity index (χ1) is 12.6. The van der Waals surface area contributed by atoms with Crippen LogP contribution < -0.4 is 4.74 Å². The third-order valence-electron chi connectivity index (χ3n) is 3.55. The SMILES string of the molecule is COc1ccc(-n2nnnc2Sc2nc3ccc(C(=O)O)cc3s2)cc1. The fourth-order valence-electron chi connectivity index (χ4n) is 2.29. The number of hydrogen-bond acceptors (Lipinski definition) is 8. The highest BCUT2D eigenvalue weighted by molar-refractivity contribution is 8.01. The van der Waals surface area contributed by atoms with Crippen molar-refractivity contribution in [1.29, 1.82) is 0 Å². The largest absolute Gasteiger partial charge is 0.497 e. The van der Waals surface area contributed by atoms with Crippen LogP contribution in [0.25, 0.3) is 15.9 Å². The Morgan fingerprint density at radius 2 is 2.04 bits per heavy atom. The van der Waals surface area contributed by atoms with Crippen LogP contribution >= 0.6 is 23.1 Å². The van der Waals surface area contributed by atoms with Gasteiger partial charge in [0, 0.05) is 0 Å². The Bertz CT molecular complexity index is 1090. The molecule has 2 aromatic heterocycles. The molecule has 0 unspecified atom stereocenters. The average molecular weight is 385 g/mol. The van der Waals surface area contributed by atoms with Crippen molar-refractivity contribution >= 4 is 39.3 Å². The van der Waals surface area contributed by atoms with E-state index >= 15 is 0 Å².